The molecule has 0 spiro atoms. The van der Waals surface area contributed by atoms with Crippen LogP contribution in [0.5, 0.6) is 0 Å². The molecule has 27 heavy (non-hydrogen) atoms. The number of nitrogens with one attached hydrogen (secondary N) is 2. The van der Waals surface area contributed by atoms with Gasteiger partial charge in [-0.05, 0) is 31.5 Å². The summed E-state index contributed by atoms with van der Waals surface area (Å²) in [6.45, 7) is 10.7. The number of piperazine rings is 3. The van der Waals surface area contributed by atoms with Gasteiger partial charge in [-0.25, -0.2) is 0 Å². The third-order valence-corrected chi connectivity index (χ3v) is 5.26. The average Bonchev–Trinajstić information content (AvgIpc) is 2.66. The lowest BCUT2D eigenvalue weighted by Gasteiger charge is -2.47. The molecule has 1 aromatic carbocycles. The molecule has 0 saturated carbocycles. The first-order chi connectivity index (χ1) is 12.9. The number of halogens is 3. The van der Waals surface area contributed by atoms with E-state index in [0.29, 0.717) is 30.7 Å². The van der Waals surface area contributed by atoms with Gasteiger partial charge in [0.15, 0.2) is 5.96 Å². The number of alkyl halides is 3. The molecular weight excluding hydrogens is 355 g/mol. The molecule has 2 unspecified atom stereocenters. The maximum absolute atomic E-state index is 12.9. The molecule has 3 fully saturated rings. The molecule has 2 atom stereocenters. The highest BCUT2D eigenvalue weighted by molar-refractivity contribution is 5.80. The first-order valence-corrected chi connectivity index (χ1v) is 9.55. The third-order valence-electron chi connectivity index (χ3n) is 5.26. The lowest BCUT2D eigenvalue weighted by Crippen LogP contribution is -2.62. The summed E-state index contributed by atoms with van der Waals surface area (Å²) < 4.78 is 38.8. The van der Waals surface area contributed by atoms with Crippen LogP contribution in [0.4, 0.5) is 13.2 Å². The molecule has 2 N–H and O–H groups in total. The predicted octanol–water partition coefficient (Wildman–Crippen LogP) is 2.32. The second kappa shape index (κ2) is 8.48. The van der Waals surface area contributed by atoms with E-state index in [-0.39, 0.29) is 6.04 Å². The fraction of sp³-hybridized carbons (Fsp3) is 0.632. The third kappa shape index (κ3) is 5.13. The highest BCUT2D eigenvalue weighted by Gasteiger charge is 2.32. The van der Waals surface area contributed by atoms with Gasteiger partial charge in [0, 0.05) is 45.3 Å². The number of hydrogen-bond donors (Lipinski definition) is 2. The summed E-state index contributed by atoms with van der Waals surface area (Å²) in [5.41, 5.74) is -0.0438. The quantitative estimate of drug-likeness (QED) is 0.605. The number of aliphatic imine (C=N–C) groups is 1. The molecule has 1 aromatic rings. The van der Waals surface area contributed by atoms with Gasteiger partial charge >= 0.3 is 6.18 Å². The van der Waals surface area contributed by atoms with Crippen molar-refractivity contribution >= 4 is 5.96 Å². The zero-order chi connectivity index (χ0) is 19.4. The minimum atomic E-state index is -4.33. The topological polar surface area (TPSA) is 42.9 Å². The standard InChI is InChI=1S/C19H28F3N5/c1-3-23-18(24-12-17-13-26-7-9-27(17)10-8-26)25-14(2)15-5-4-6-16(11-15)19(20,21)22/h4-6,11,14,17H,3,7-10,12-13H2,1-2H3,(H2,23,24,25). The van der Waals surface area contributed by atoms with E-state index in [2.05, 4.69) is 20.4 Å². The normalized spacial score (nSPS) is 26.7. The smallest absolute Gasteiger partial charge is 0.357 e. The number of nitrogens with zero attached hydrogens (tertiary/aromatic N) is 3. The van der Waals surface area contributed by atoms with Crippen LogP contribution in [0.3, 0.4) is 0 Å². The van der Waals surface area contributed by atoms with Crippen LogP contribution in [-0.4, -0.2) is 67.6 Å². The molecule has 3 saturated heterocycles. The summed E-state index contributed by atoms with van der Waals surface area (Å²) in [7, 11) is 0. The van der Waals surface area contributed by atoms with Gasteiger partial charge in [0.2, 0.25) is 0 Å². The minimum Gasteiger partial charge on any atom is -0.357 e. The number of hydrogen-bond acceptors (Lipinski definition) is 3. The summed E-state index contributed by atoms with van der Waals surface area (Å²) >= 11 is 0. The maximum atomic E-state index is 12.9. The summed E-state index contributed by atoms with van der Waals surface area (Å²) in [6, 6.07) is 5.57. The van der Waals surface area contributed by atoms with E-state index in [0.717, 1.165) is 38.8 Å². The molecule has 0 radical (unpaired) electrons. The van der Waals surface area contributed by atoms with Gasteiger partial charge in [0.05, 0.1) is 18.2 Å². The first kappa shape index (κ1) is 19.9. The fourth-order valence-corrected chi connectivity index (χ4v) is 3.69. The summed E-state index contributed by atoms with van der Waals surface area (Å²) in [6.07, 6.45) is -4.33. The van der Waals surface area contributed by atoms with Crippen LogP contribution in [-0.2, 0) is 6.18 Å². The zero-order valence-electron chi connectivity index (χ0n) is 15.9. The predicted molar refractivity (Wildman–Crippen MR) is 101 cm³/mol. The van der Waals surface area contributed by atoms with Crippen LogP contribution in [0, 0.1) is 0 Å². The number of benzene rings is 1. The van der Waals surface area contributed by atoms with E-state index in [1.54, 1.807) is 6.07 Å². The van der Waals surface area contributed by atoms with Crippen molar-refractivity contribution in [2.45, 2.75) is 32.1 Å². The van der Waals surface area contributed by atoms with Gasteiger partial charge in [-0.15, -0.1) is 0 Å². The molecule has 0 aliphatic carbocycles. The van der Waals surface area contributed by atoms with Gasteiger partial charge in [0.1, 0.15) is 0 Å². The Labute approximate surface area is 158 Å². The molecule has 8 heteroatoms. The molecule has 3 aliphatic rings. The Balaban J connectivity index is 1.65. The summed E-state index contributed by atoms with van der Waals surface area (Å²) in [5.74, 6) is 0.639. The van der Waals surface area contributed by atoms with Gasteiger partial charge in [-0.2, -0.15) is 13.2 Å². The number of guanidine groups is 1. The van der Waals surface area contributed by atoms with Gasteiger partial charge in [-0.3, -0.25) is 14.8 Å². The fourth-order valence-electron chi connectivity index (χ4n) is 3.69. The van der Waals surface area contributed by atoms with Crippen molar-refractivity contribution in [3.05, 3.63) is 35.4 Å². The SMILES string of the molecule is CCNC(=NCC1CN2CCN1CC2)NC(C)c1cccc(C(F)(F)F)c1. The van der Waals surface area contributed by atoms with E-state index in [1.165, 1.54) is 12.1 Å². The highest BCUT2D eigenvalue weighted by Crippen LogP contribution is 2.30. The van der Waals surface area contributed by atoms with Crippen LogP contribution in [0.1, 0.15) is 31.0 Å². The van der Waals surface area contributed by atoms with Crippen molar-refractivity contribution in [3.8, 4) is 0 Å². The Morgan fingerprint density at radius 2 is 2.00 bits per heavy atom. The Hall–Kier alpha value is -1.80. The van der Waals surface area contributed by atoms with Crippen molar-refractivity contribution < 1.29 is 13.2 Å². The van der Waals surface area contributed by atoms with Crippen LogP contribution in [0.15, 0.2) is 29.3 Å². The Morgan fingerprint density at radius 3 is 2.59 bits per heavy atom. The Kier molecular flexibility index (Phi) is 6.26. The lowest BCUT2D eigenvalue weighted by molar-refractivity contribution is -0.137. The molecule has 4 rings (SSSR count). The van der Waals surface area contributed by atoms with Crippen molar-refractivity contribution in [2.75, 3.05) is 45.8 Å². The van der Waals surface area contributed by atoms with Crippen LogP contribution >= 0.6 is 0 Å². The summed E-state index contributed by atoms with van der Waals surface area (Å²) in [5, 5.41) is 6.43. The molecular formula is C19H28F3N5. The van der Waals surface area contributed by atoms with E-state index in [1.807, 2.05) is 13.8 Å². The lowest BCUT2D eigenvalue weighted by atomic mass is 10.1. The van der Waals surface area contributed by atoms with Crippen molar-refractivity contribution in [1.29, 1.82) is 0 Å². The second-order valence-corrected chi connectivity index (χ2v) is 7.20. The van der Waals surface area contributed by atoms with E-state index < -0.39 is 11.7 Å². The minimum absolute atomic E-state index is 0.281. The zero-order valence-corrected chi connectivity index (χ0v) is 15.9. The molecule has 0 aromatic heterocycles. The van der Waals surface area contributed by atoms with E-state index >= 15 is 0 Å². The molecule has 3 aliphatic heterocycles. The van der Waals surface area contributed by atoms with Gasteiger partial charge < -0.3 is 10.6 Å². The van der Waals surface area contributed by atoms with Gasteiger partial charge in [0.25, 0.3) is 0 Å². The van der Waals surface area contributed by atoms with Crippen LogP contribution < -0.4 is 10.6 Å². The second-order valence-electron chi connectivity index (χ2n) is 7.20. The number of fused-ring (bicyclic) bond motifs is 3. The van der Waals surface area contributed by atoms with E-state index in [9.17, 15) is 13.2 Å². The Bertz CT molecular complexity index is 653. The number of rotatable bonds is 5. The Morgan fingerprint density at radius 1 is 1.26 bits per heavy atom. The average molecular weight is 383 g/mol. The van der Waals surface area contributed by atoms with Crippen LogP contribution in [0.2, 0.25) is 0 Å². The first-order valence-electron chi connectivity index (χ1n) is 9.55. The maximum Gasteiger partial charge on any atom is 0.416 e. The molecule has 150 valence electrons. The van der Waals surface area contributed by atoms with Crippen LogP contribution in [0.25, 0.3) is 0 Å². The van der Waals surface area contributed by atoms with E-state index in [4.69, 9.17) is 4.99 Å². The van der Waals surface area contributed by atoms with Gasteiger partial charge in [-0.1, -0.05) is 12.1 Å². The van der Waals surface area contributed by atoms with Crippen molar-refractivity contribution in [2.24, 2.45) is 4.99 Å². The largest absolute Gasteiger partial charge is 0.416 e. The van der Waals surface area contributed by atoms with Crippen molar-refractivity contribution in [3.63, 3.8) is 0 Å². The highest BCUT2D eigenvalue weighted by atomic mass is 19.4. The molecule has 0 amide bonds. The molecule has 3 heterocycles. The molecule has 2 bridgehead atoms. The monoisotopic (exact) mass is 383 g/mol. The molecule has 5 nitrogen and oxygen atoms in total. The summed E-state index contributed by atoms with van der Waals surface area (Å²) in [4.78, 5) is 9.64. The van der Waals surface area contributed by atoms with Crippen molar-refractivity contribution in [1.82, 2.24) is 20.4 Å².